The first kappa shape index (κ1) is 13.4. The smallest absolute Gasteiger partial charge is 0.171 e. The lowest BCUT2D eigenvalue weighted by molar-refractivity contribution is 0.0860. The van der Waals surface area contributed by atoms with Crippen molar-refractivity contribution in [1.29, 1.82) is 0 Å². The minimum absolute atomic E-state index is 0.143. The molecule has 1 aliphatic carbocycles. The molecule has 2 N–H and O–H groups in total. The van der Waals surface area contributed by atoms with E-state index in [2.05, 4.69) is 18.2 Å². The molecule has 1 heterocycles. The first-order valence-corrected chi connectivity index (χ1v) is 7.75. The van der Waals surface area contributed by atoms with E-state index < -0.39 is 5.41 Å². The lowest BCUT2D eigenvalue weighted by Gasteiger charge is -2.21. The molecular formula is C17H19NOS. The molecule has 0 unspecified atom stereocenters. The van der Waals surface area contributed by atoms with Gasteiger partial charge in [0.1, 0.15) is 0 Å². The van der Waals surface area contributed by atoms with E-state index >= 15 is 0 Å². The Morgan fingerprint density at radius 1 is 1.20 bits per heavy atom. The number of fused-ring (bicyclic) bond motifs is 3. The highest BCUT2D eigenvalue weighted by Crippen LogP contribution is 2.45. The van der Waals surface area contributed by atoms with Crippen LogP contribution < -0.4 is 5.73 Å². The largest absolute Gasteiger partial charge is 0.390 e. The van der Waals surface area contributed by atoms with Crippen LogP contribution in [0.3, 0.4) is 0 Å². The molecule has 3 rings (SSSR count). The van der Waals surface area contributed by atoms with Crippen molar-refractivity contribution in [3.8, 4) is 11.1 Å². The summed E-state index contributed by atoms with van der Waals surface area (Å²) < 4.78 is 0. The Bertz CT molecular complexity index is 692. The van der Waals surface area contributed by atoms with Gasteiger partial charge >= 0.3 is 0 Å². The van der Waals surface area contributed by atoms with Crippen LogP contribution in [0.1, 0.15) is 41.6 Å². The zero-order chi connectivity index (χ0) is 14.5. The summed E-state index contributed by atoms with van der Waals surface area (Å²) in [4.78, 5) is 14.0. The summed E-state index contributed by atoms with van der Waals surface area (Å²) in [7, 11) is 0. The summed E-state index contributed by atoms with van der Waals surface area (Å²) in [5.74, 6) is 0.143. The maximum absolute atomic E-state index is 12.8. The number of nitrogens with two attached hydrogens (primary N) is 1. The highest BCUT2D eigenvalue weighted by Gasteiger charge is 2.32. The third-order valence-electron chi connectivity index (χ3n) is 3.82. The average Bonchev–Trinajstić information content (AvgIpc) is 2.73. The third-order valence-corrected chi connectivity index (χ3v) is 4.90. The van der Waals surface area contributed by atoms with Crippen LogP contribution in [0.2, 0.25) is 0 Å². The van der Waals surface area contributed by atoms with Gasteiger partial charge in [0.05, 0.1) is 10.6 Å². The number of aryl methyl sites for hydroxylation is 2. The summed E-state index contributed by atoms with van der Waals surface area (Å²) in [6.07, 6.45) is 2.02. The Kier molecular flexibility index (Phi) is 2.98. The van der Waals surface area contributed by atoms with Crippen molar-refractivity contribution >= 4 is 22.1 Å². The monoisotopic (exact) mass is 285 g/mol. The number of hydrogen-bond acceptors (Lipinski definition) is 3. The van der Waals surface area contributed by atoms with E-state index in [1.54, 1.807) is 11.3 Å². The molecule has 0 saturated carbocycles. The van der Waals surface area contributed by atoms with E-state index in [-0.39, 0.29) is 5.78 Å². The van der Waals surface area contributed by atoms with E-state index in [1.165, 1.54) is 16.0 Å². The predicted octanol–water partition coefficient (Wildman–Crippen LogP) is 4.32. The number of carbonyl (C=O) groups is 1. The summed E-state index contributed by atoms with van der Waals surface area (Å²) in [6, 6.07) is 8.36. The van der Waals surface area contributed by atoms with Gasteiger partial charge in [-0.05, 0) is 24.0 Å². The molecule has 2 nitrogen and oxygen atoms in total. The Balaban J connectivity index is 2.26. The number of rotatable bonds is 1. The van der Waals surface area contributed by atoms with Crippen LogP contribution in [0.5, 0.6) is 0 Å². The van der Waals surface area contributed by atoms with Gasteiger partial charge in [-0.1, -0.05) is 45.0 Å². The first-order chi connectivity index (χ1) is 9.39. The SMILES string of the molecule is CC(C)(C)C(=O)c1c(N)sc2c1-c1ccccc1CC2. The summed E-state index contributed by atoms with van der Waals surface area (Å²) in [5, 5.41) is 0.673. The van der Waals surface area contributed by atoms with Crippen molar-refractivity contribution in [2.45, 2.75) is 33.6 Å². The van der Waals surface area contributed by atoms with Crippen molar-refractivity contribution in [3.05, 3.63) is 40.3 Å². The summed E-state index contributed by atoms with van der Waals surface area (Å²) in [6.45, 7) is 5.86. The molecule has 0 spiro atoms. The molecule has 0 amide bonds. The van der Waals surface area contributed by atoms with Gasteiger partial charge in [0.25, 0.3) is 0 Å². The molecule has 0 radical (unpaired) electrons. The van der Waals surface area contributed by atoms with Crippen LogP contribution in [-0.2, 0) is 12.8 Å². The van der Waals surface area contributed by atoms with Crippen molar-refractivity contribution in [2.24, 2.45) is 5.41 Å². The van der Waals surface area contributed by atoms with Gasteiger partial charge in [-0.25, -0.2) is 0 Å². The molecule has 104 valence electrons. The summed E-state index contributed by atoms with van der Waals surface area (Å²) in [5.41, 5.74) is 10.1. The number of nitrogen functional groups attached to an aromatic ring is 1. The van der Waals surface area contributed by atoms with Crippen molar-refractivity contribution in [2.75, 3.05) is 5.73 Å². The highest BCUT2D eigenvalue weighted by molar-refractivity contribution is 7.17. The van der Waals surface area contributed by atoms with Crippen LogP contribution in [0, 0.1) is 5.41 Å². The molecule has 0 atom stereocenters. The Morgan fingerprint density at radius 2 is 1.90 bits per heavy atom. The van der Waals surface area contributed by atoms with Gasteiger partial charge in [-0.2, -0.15) is 0 Å². The van der Waals surface area contributed by atoms with Crippen molar-refractivity contribution in [3.63, 3.8) is 0 Å². The highest BCUT2D eigenvalue weighted by atomic mass is 32.1. The lowest BCUT2D eigenvalue weighted by atomic mass is 9.81. The zero-order valence-corrected chi connectivity index (χ0v) is 12.9. The number of Topliss-reactive ketones (excluding diaryl/α,β-unsaturated/α-hetero) is 1. The third kappa shape index (κ3) is 1.97. The van der Waals surface area contributed by atoms with Crippen molar-refractivity contribution in [1.82, 2.24) is 0 Å². The standard InChI is InChI=1S/C17H19NOS/c1-17(2,3)15(19)14-13-11-7-5-4-6-10(11)8-9-12(13)20-16(14)18/h4-7H,8-9,18H2,1-3H3. The maximum atomic E-state index is 12.8. The van der Waals surface area contributed by atoms with Crippen LogP contribution in [0.25, 0.3) is 11.1 Å². The molecule has 1 aliphatic rings. The van der Waals surface area contributed by atoms with Crippen LogP contribution in [-0.4, -0.2) is 5.78 Å². The van der Waals surface area contributed by atoms with E-state index in [0.717, 1.165) is 24.0 Å². The van der Waals surface area contributed by atoms with Crippen LogP contribution in [0.4, 0.5) is 5.00 Å². The average molecular weight is 285 g/mol. The van der Waals surface area contributed by atoms with Gasteiger partial charge in [0.2, 0.25) is 0 Å². The van der Waals surface area contributed by atoms with E-state index in [4.69, 9.17) is 5.73 Å². The van der Waals surface area contributed by atoms with Gasteiger partial charge in [-0.3, -0.25) is 4.79 Å². The van der Waals surface area contributed by atoms with Crippen molar-refractivity contribution < 1.29 is 4.79 Å². The zero-order valence-electron chi connectivity index (χ0n) is 12.1. The van der Waals surface area contributed by atoms with Gasteiger partial charge < -0.3 is 5.73 Å². The van der Waals surface area contributed by atoms with Crippen LogP contribution >= 0.6 is 11.3 Å². The number of hydrogen-bond donors (Lipinski definition) is 1. The second-order valence-electron chi connectivity index (χ2n) is 6.38. The van der Waals surface area contributed by atoms with Gasteiger partial charge in [0, 0.05) is 15.9 Å². The Morgan fingerprint density at radius 3 is 2.60 bits per heavy atom. The number of thiophene rings is 1. The maximum Gasteiger partial charge on any atom is 0.171 e. The number of ketones is 1. The minimum Gasteiger partial charge on any atom is -0.390 e. The molecule has 0 aliphatic heterocycles. The number of anilines is 1. The fourth-order valence-corrected chi connectivity index (χ4v) is 3.87. The summed E-state index contributed by atoms with van der Waals surface area (Å²) >= 11 is 1.58. The fourth-order valence-electron chi connectivity index (χ4n) is 2.79. The van der Waals surface area contributed by atoms with E-state index in [9.17, 15) is 4.79 Å². The normalized spacial score (nSPS) is 13.8. The molecule has 0 fully saturated rings. The Labute approximate surface area is 123 Å². The van der Waals surface area contributed by atoms with Gasteiger partial charge in [-0.15, -0.1) is 11.3 Å². The molecule has 0 bridgehead atoms. The fraction of sp³-hybridized carbons (Fsp3) is 0.353. The number of carbonyl (C=O) groups excluding carboxylic acids is 1. The molecular weight excluding hydrogens is 266 g/mol. The molecule has 0 saturated heterocycles. The quantitative estimate of drug-likeness (QED) is 0.793. The molecule has 2 aromatic rings. The van der Waals surface area contributed by atoms with E-state index in [1.807, 2.05) is 26.8 Å². The number of benzene rings is 1. The molecule has 1 aromatic heterocycles. The second-order valence-corrected chi connectivity index (χ2v) is 7.51. The lowest BCUT2D eigenvalue weighted by Crippen LogP contribution is -2.21. The predicted molar refractivity (Wildman–Crippen MR) is 85.4 cm³/mol. The first-order valence-electron chi connectivity index (χ1n) is 6.94. The Hall–Kier alpha value is -1.61. The molecule has 3 heteroatoms. The minimum atomic E-state index is -0.407. The molecule has 20 heavy (non-hydrogen) atoms. The van der Waals surface area contributed by atoms with Gasteiger partial charge in [0.15, 0.2) is 5.78 Å². The van der Waals surface area contributed by atoms with Crippen LogP contribution in [0.15, 0.2) is 24.3 Å². The van der Waals surface area contributed by atoms with E-state index in [0.29, 0.717) is 5.00 Å². The molecule has 1 aromatic carbocycles. The second kappa shape index (κ2) is 4.45. The topological polar surface area (TPSA) is 43.1 Å².